The van der Waals surface area contributed by atoms with Gasteiger partial charge in [-0.3, -0.25) is 0 Å². The van der Waals surface area contributed by atoms with E-state index in [1.165, 1.54) is 4.98 Å². The molecule has 0 aromatic heterocycles. The Morgan fingerprint density at radius 2 is 1.40 bits per heavy atom. The molecule has 5 heavy (non-hydrogen) atoms. The van der Waals surface area contributed by atoms with Crippen LogP contribution < -0.4 is 0 Å². The number of halogens is 2. The first kappa shape index (κ1) is 16.4. The zero-order valence-corrected chi connectivity index (χ0v) is 7.16. The summed E-state index contributed by atoms with van der Waals surface area (Å²) in [6, 6.07) is 0. The van der Waals surface area contributed by atoms with E-state index in [9.17, 15) is 0 Å². The van der Waals surface area contributed by atoms with Crippen molar-refractivity contribution >= 4 is 43.4 Å². The van der Waals surface area contributed by atoms with Crippen LogP contribution in [0.5, 0.6) is 0 Å². The van der Waals surface area contributed by atoms with Crippen LogP contribution in [0, 0.1) is 0 Å². The summed E-state index contributed by atoms with van der Waals surface area (Å²) in [5.74, 6) is 0. The van der Waals surface area contributed by atoms with E-state index in [2.05, 4.69) is 6.92 Å². The van der Waals surface area contributed by atoms with Crippen molar-refractivity contribution in [1.29, 1.82) is 0 Å². The van der Waals surface area contributed by atoms with Gasteiger partial charge in [0.05, 0.1) is 0 Å². The average molecular weight is 172 g/mol. The standard InChI is InChI=1S/C2H5.2ClH.Ga/c1-2;;;/h1H2,2H3;2*1H;. The molecule has 0 nitrogen and oxygen atoms in total. The van der Waals surface area contributed by atoms with Crippen LogP contribution in [0.15, 0.2) is 0 Å². The van der Waals surface area contributed by atoms with Crippen LogP contribution in [0.25, 0.3) is 0 Å². The van der Waals surface area contributed by atoms with Gasteiger partial charge < -0.3 is 0 Å². The van der Waals surface area contributed by atoms with Crippen molar-refractivity contribution < 1.29 is 0 Å². The van der Waals surface area contributed by atoms with E-state index in [-0.39, 0.29) is 24.8 Å². The number of rotatable bonds is 0. The molecule has 0 aromatic carbocycles. The molecule has 0 aliphatic rings. The van der Waals surface area contributed by atoms with Crippen molar-refractivity contribution in [3.8, 4) is 0 Å². The van der Waals surface area contributed by atoms with Gasteiger partial charge in [-0.2, -0.15) is 0 Å². The van der Waals surface area contributed by atoms with Gasteiger partial charge in [0, 0.05) is 0 Å². The van der Waals surface area contributed by atoms with Crippen LogP contribution >= 0.6 is 24.8 Å². The fourth-order valence-corrected chi connectivity index (χ4v) is 0. The molecular formula is C2H7Cl2Ga. The zero-order chi connectivity index (χ0) is 2.71. The fourth-order valence-electron chi connectivity index (χ4n) is 0. The Morgan fingerprint density at radius 3 is 1.40 bits per heavy atom. The van der Waals surface area contributed by atoms with Crippen LogP contribution in [-0.2, 0) is 0 Å². The second-order valence-corrected chi connectivity index (χ2v) is 2.12. The molecule has 0 saturated heterocycles. The summed E-state index contributed by atoms with van der Waals surface area (Å²) in [5.41, 5.74) is 0. The van der Waals surface area contributed by atoms with Crippen LogP contribution in [0.1, 0.15) is 6.92 Å². The van der Waals surface area contributed by atoms with Crippen molar-refractivity contribution in [2.75, 3.05) is 0 Å². The van der Waals surface area contributed by atoms with Crippen molar-refractivity contribution in [1.82, 2.24) is 0 Å². The van der Waals surface area contributed by atoms with E-state index in [1.807, 2.05) is 0 Å². The molecule has 0 unspecified atom stereocenters. The molecule has 2 radical (unpaired) electrons. The normalized spacial score (nSPS) is 3.40. The van der Waals surface area contributed by atoms with Crippen LogP contribution in [0.3, 0.4) is 0 Å². The Labute approximate surface area is 55.5 Å². The zero-order valence-electron chi connectivity index (χ0n) is 3.10. The molecule has 0 rings (SSSR count). The summed E-state index contributed by atoms with van der Waals surface area (Å²) in [4.78, 5) is 1.31. The first-order valence-electron chi connectivity index (χ1n) is 1.12. The van der Waals surface area contributed by atoms with Gasteiger partial charge in [0.15, 0.2) is 0 Å². The summed E-state index contributed by atoms with van der Waals surface area (Å²) in [7, 11) is 0. The first-order valence-corrected chi connectivity index (χ1v) is 2.83. The maximum Gasteiger partial charge on any atom is -0.147 e. The Morgan fingerprint density at radius 1 is 1.40 bits per heavy atom. The number of hydrogen-bond donors (Lipinski definition) is 0. The Hall–Kier alpha value is 1.22. The van der Waals surface area contributed by atoms with E-state index in [0.29, 0.717) is 0 Å². The van der Waals surface area contributed by atoms with Crippen LogP contribution in [0.4, 0.5) is 0 Å². The van der Waals surface area contributed by atoms with Crippen molar-refractivity contribution in [2.45, 2.75) is 11.9 Å². The Kier molecular flexibility index (Phi) is 61.7. The third kappa shape index (κ3) is 36.5. The minimum Gasteiger partial charge on any atom is -0.147 e. The average Bonchev–Trinajstić information content (AvgIpc) is 0.918. The summed E-state index contributed by atoms with van der Waals surface area (Å²) < 4.78 is 0. The molecule has 32 valence electrons. The van der Waals surface area contributed by atoms with Gasteiger partial charge in [-0.15, -0.1) is 24.8 Å². The van der Waals surface area contributed by atoms with Gasteiger partial charge in [0.25, 0.3) is 0 Å². The first-order chi connectivity index (χ1) is 1.41. The summed E-state index contributed by atoms with van der Waals surface area (Å²) in [5, 5.41) is 0. The quantitative estimate of drug-likeness (QED) is 0.484. The van der Waals surface area contributed by atoms with E-state index in [0.717, 1.165) is 0 Å². The molecule has 0 saturated carbocycles. The summed E-state index contributed by atoms with van der Waals surface area (Å²) in [6.45, 7) is 2.15. The number of hydrogen-bond acceptors (Lipinski definition) is 0. The molecule has 0 aliphatic carbocycles. The van der Waals surface area contributed by atoms with Gasteiger partial charge in [0.2, 0.25) is 0 Å². The van der Waals surface area contributed by atoms with E-state index < -0.39 is 0 Å². The molecule has 0 amide bonds. The molecule has 0 atom stereocenters. The maximum atomic E-state index is 2.15. The van der Waals surface area contributed by atoms with Crippen molar-refractivity contribution in [3.05, 3.63) is 0 Å². The molecular weight excluding hydrogens is 165 g/mol. The maximum absolute atomic E-state index is 2.15. The van der Waals surface area contributed by atoms with Gasteiger partial charge in [-0.25, -0.2) is 0 Å². The molecule has 0 aromatic rings. The van der Waals surface area contributed by atoms with Crippen LogP contribution in [0.2, 0.25) is 4.98 Å². The van der Waals surface area contributed by atoms with Gasteiger partial charge >= 0.3 is 30.5 Å². The van der Waals surface area contributed by atoms with E-state index in [1.54, 1.807) is 18.6 Å². The Bertz CT molecular complexity index is 7.61. The SMILES string of the molecule is C[CH2][Ga].Cl.Cl. The molecule has 0 heterocycles. The monoisotopic (exact) mass is 170 g/mol. The smallest absolute Gasteiger partial charge is 0.147 e. The van der Waals surface area contributed by atoms with Gasteiger partial charge in [0.1, 0.15) is 0 Å². The molecule has 0 bridgehead atoms. The minimum absolute atomic E-state index is 0. The molecule has 0 N–H and O–H groups in total. The minimum atomic E-state index is 0. The Balaban J connectivity index is -0.0000000200. The predicted octanol–water partition coefficient (Wildman–Crippen LogP) is 1.44. The van der Waals surface area contributed by atoms with Crippen LogP contribution in [-0.4, -0.2) is 18.6 Å². The molecule has 3 heteroatoms. The van der Waals surface area contributed by atoms with Crippen molar-refractivity contribution in [3.63, 3.8) is 0 Å². The van der Waals surface area contributed by atoms with E-state index in [4.69, 9.17) is 0 Å². The van der Waals surface area contributed by atoms with Gasteiger partial charge in [-0.1, -0.05) is 0 Å². The predicted molar refractivity (Wildman–Crippen MR) is 30.7 cm³/mol. The summed E-state index contributed by atoms with van der Waals surface area (Å²) >= 11 is 1.78. The van der Waals surface area contributed by atoms with Crippen molar-refractivity contribution in [2.24, 2.45) is 0 Å². The second kappa shape index (κ2) is 18.9. The van der Waals surface area contributed by atoms with E-state index >= 15 is 0 Å². The fraction of sp³-hybridized carbons (Fsp3) is 1.00. The second-order valence-electron chi connectivity index (χ2n) is 0.408. The molecule has 0 aliphatic heterocycles. The largest absolute Gasteiger partial charge is 0.147 e. The molecule has 0 fully saturated rings. The van der Waals surface area contributed by atoms with Gasteiger partial charge in [-0.05, 0) is 0 Å². The topological polar surface area (TPSA) is 0 Å². The third-order valence-corrected chi connectivity index (χ3v) is 0. The molecule has 0 spiro atoms. The summed E-state index contributed by atoms with van der Waals surface area (Å²) in [6.07, 6.45) is 0. The third-order valence-electron chi connectivity index (χ3n) is 0.